The van der Waals surface area contributed by atoms with E-state index in [0.717, 1.165) is 5.56 Å². The Kier molecular flexibility index (Phi) is 4.82. The fourth-order valence-electron chi connectivity index (χ4n) is 4.23. The molecule has 1 N–H and O–H groups in total. The van der Waals surface area contributed by atoms with Crippen molar-refractivity contribution in [2.45, 2.75) is 19.9 Å². The van der Waals surface area contributed by atoms with Gasteiger partial charge in [0.15, 0.2) is 22.9 Å². The highest BCUT2D eigenvalue weighted by molar-refractivity contribution is 6.20. The number of rotatable bonds is 5. The number of hydrogen-bond acceptors (Lipinski definition) is 6. The molecule has 2 aromatic heterocycles. The summed E-state index contributed by atoms with van der Waals surface area (Å²) in [6.07, 6.45) is 0. The number of anilines is 1. The summed E-state index contributed by atoms with van der Waals surface area (Å²) in [5, 5.41) is 11.6. The Morgan fingerprint density at radius 3 is 2.52 bits per heavy atom. The van der Waals surface area contributed by atoms with Crippen LogP contribution >= 0.6 is 0 Å². The lowest BCUT2D eigenvalue weighted by atomic mass is 9.99. The molecule has 3 heterocycles. The van der Waals surface area contributed by atoms with Crippen molar-refractivity contribution in [1.82, 2.24) is 0 Å². The number of fused-ring (bicyclic) bond motifs is 1. The molecular weight excluding hydrogens is 422 g/mol. The molecule has 5 rings (SSSR count). The molecule has 0 saturated carbocycles. The molecule has 1 aliphatic rings. The van der Waals surface area contributed by atoms with Crippen LogP contribution in [0.25, 0.3) is 11.0 Å². The van der Waals surface area contributed by atoms with Gasteiger partial charge < -0.3 is 18.7 Å². The molecule has 166 valence electrons. The second kappa shape index (κ2) is 7.70. The molecule has 4 aromatic rings. The second-order valence-corrected chi connectivity index (χ2v) is 7.89. The first-order valence-electron chi connectivity index (χ1n) is 10.4. The summed E-state index contributed by atoms with van der Waals surface area (Å²) in [4.78, 5) is 28.3. The lowest BCUT2D eigenvalue weighted by molar-refractivity contribution is -0.117. The third-order valence-corrected chi connectivity index (χ3v) is 5.81. The van der Waals surface area contributed by atoms with Crippen LogP contribution in [0.2, 0.25) is 0 Å². The average molecular weight is 443 g/mol. The number of aryl methyl sites for hydroxylation is 2. The summed E-state index contributed by atoms with van der Waals surface area (Å²) < 4.78 is 17.0. The standard InChI is InChI=1S/C26H21NO6/c1-14-7-4-5-9-17(14)27-22(18-12-11-15(2)32-18)21(24(29)26(27)30)23(28)20-13-16-8-6-10-19(31-3)25(16)33-20/h4-13,22,29H,1-3H3. The van der Waals surface area contributed by atoms with Gasteiger partial charge in [-0.2, -0.15) is 0 Å². The Bertz CT molecular complexity index is 1440. The largest absolute Gasteiger partial charge is 0.503 e. The van der Waals surface area contributed by atoms with Gasteiger partial charge >= 0.3 is 0 Å². The zero-order valence-electron chi connectivity index (χ0n) is 18.3. The zero-order chi connectivity index (χ0) is 23.3. The van der Waals surface area contributed by atoms with E-state index in [9.17, 15) is 14.7 Å². The van der Waals surface area contributed by atoms with Crippen LogP contribution in [0.5, 0.6) is 5.75 Å². The molecular formula is C26H21NO6. The highest BCUT2D eigenvalue weighted by Gasteiger charge is 2.47. The predicted molar refractivity (Wildman–Crippen MR) is 122 cm³/mol. The molecule has 1 aliphatic heterocycles. The van der Waals surface area contributed by atoms with Gasteiger partial charge in [-0.15, -0.1) is 0 Å². The zero-order valence-corrected chi connectivity index (χ0v) is 18.3. The van der Waals surface area contributed by atoms with E-state index in [4.69, 9.17) is 13.6 Å². The van der Waals surface area contributed by atoms with Crippen molar-refractivity contribution in [3.8, 4) is 5.75 Å². The normalized spacial score (nSPS) is 16.2. The van der Waals surface area contributed by atoms with Crippen LogP contribution in [0, 0.1) is 13.8 Å². The first-order valence-corrected chi connectivity index (χ1v) is 10.4. The van der Waals surface area contributed by atoms with Crippen molar-refractivity contribution in [3.05, 3.63) is 94.8 Å². The van der Waals surface area contributed by atoms with Gasteiger partial charge in [-0.05, 0) is 49.7 Å². The highest BCUT2D eigenvalue weighted by atomic mass is 16.5. The molecule has 0 spiro atoms. The Hall–Kier alpha value is -4.26. The number of ketones is 1. The summed E-state index contributed by atoms with van der Waals surface area (Å²) in [5.41, 5.74) is 1.70. The monoisotopic (exact) mass is 443 g/mol. The molecule has 0 radical (unpaired) electrons. The topological polar surface area (TPSA) is 93.1 Å². The number of Topliss-reactive ketones (excluding diaryl/α,β-unsaturated/α-hetero) is 1. The van der Waals surface area contributed by atoms with Gasteiger partial charge in [0.25, 0.3) is 5.91 Å². The summed E-state index contributed by atoms with van der Waals surface area (Å²) in [6.45, 7) is 3.63. The van der Waals surface area contributed by atoms with Gasteiger partial charge in [0.05, 0.1) is 12.7 Å². The maximum absolute atomic E-state index is 13.7. The van der Waals surface area contributed by atoms with Crippen LogP contribution < -0.4 is 9.64 Å². The van der Waals surface area contributed by atoms with Gasteiger partial charge in [-0.1, -0.05) is 30.3 Å². The molecule has 2 aromatic carbocycles. The van der Waals surface area contributed by atoms with Crippen LogP contribution in [0.15, 0.2) is 80.8 Å². The van der Waals surface area contributed by atoms with Crippen LogP contribution in [-0.4, -0.2) is 23.9 Å². The van der Waals surface area contributed by atoms with Crippen LogP contribution in [0.1, 0.15) is 33.7 Å². The van der Waals surface area contributed by atoms with Crippen molar-refractivity contribution in [1.29, 1.82) is 0 Å². The van der Waals surface area contributed by atoms with Gasteiger partial charge in [0.2, 0.25) is 5.78 Å². The van der Waals surface area contributed by atoms with Crippen molar-refractivity contribution in [2.75, 3.05) is 12.0 Å². The summed E-state index contributed by atoms with van der Waals surface area (Å²) in [7, 11) is 1.51. The van der Waals surface area contributed by atoms with Gasteiger partial charge in [-0.25, -0.2) is 0 Å². The number of aliphatic hydroxyl groups is 1. The molecule has 0 bridgehead atoms. The van der Waals surface area contributed by atoms with Crippen LogP contribution in [0.4, 0.5) is 5.69 Å². The smallest absolute Gasteiger partial charge is 0.294 e. The lowest BCUT2D eigenvalue weighted by Crippen LogP contribution is -2.31. The van der Waals surface area contributed by atoms with E-state index < -0.39 is 23.5 Å². The molecule has 0 fully saturated rings. The Morgan fingerprint density at radius 1 is 1.03 bits per heavy atom. The molecule has 0 aliphatic carbocycles. The number of hydrogen-bond donors (Lipinski definition) is 1. The number of amides is 1. The average Bonchev–Trinajstić information content (AvgIpc) is 3.50. The highest BCUT2D eigenvalue weighted by Crippen LogP contribution is 2.44. The number of carbonyl (C=O) groups is 2. The van der Waals surface area contributed by atoms with Gasteiger partial charge in [-0.3, -0.25) is 14.5 Å². The minimum atomic E-state index is -0.949. The van der Waals surface area contributed by atoms with Crippen LogP contribution in [-0.2, 0) is 4.79 Å². The Balaban J connectivity index is 1.67. The number of furan rings is 2. The Labute approximate surface area is 189 Å². The third kappa shape index (κ3) is 3.20. The van der Waals surface area contributed by atoms with Crippen molar-refractivity contribution < 1.29 is 28.3 Å². The SMILES string of the molecule is COc1cccc2cc(C(=O)C3=C(O)C(=O)N(c4ccccc4C)C3c3ccc(C)o3)oc12. The number of ether oxygens (including phenoxy) is 1. The van der Waals surface area contributed by atoms with Crippen molar-refractivity contribution >= 4 is 28.3 Å². The molecule has 33 heavy (non-hydrogen) atoms. The summed E-state index contributed by atoms with van der Waals surface area (Å²) in [6, 6.07) is 16.7. The molecule has 7 nitrogen and oxygen atoms in total. The summed E-state index contributed by atoms with van der Waals surface area (Å²) >= 11 is 0. The Morgan fingerprint density at radius 2 is 1.82 bits per heavy atom. The molecule has 1 atom stereocenters. The number of benzene rings is 2. The first kappa shape index (κ1) is 20.6. The number of methoxy groups -OCH3 is 1. The van der Waals surface area contributed by atoms with Crippen LogP contribution in [0.3, 0.4) is 0 Å². The first-order chi connectivity index (χ1) is 15.9. The number of para-hydroxylation sites is 2. The maximum Gasteiger partial charge on any atom is 0.294 e. The van der Waals surface area contributed by atoms with Crippen molar-refractivity contribution in [3.63, 3.8) is 0 Å². The fraction of sp³-hybridized carbons (Fsp3) is 0.154. The predicted octanol–water partition coefficient (Wildman–Crippen LogP) is 5.43. The van der Waals surface area contributed by atoms with E-state index in [1.807, 2.05) is 19.1 Å². The minimum absolute atomic E-state index is 0.0104. The van der Waals surface area contributed by atoms with Crippen molar-refractivity contribution in [2.24, 2.45) is 0 Å². The molecule has 7 heteroatoms. The number of nitrogens with zero attached hydrogens (tertiary/aromatic N) is 1. The van der Waals surface area contributed by atoms with E-state index >= 15 is 0 Å². The number of aliphatic hydroxyl groups excluding tert-OH is 1. The lowest BCUT2D eigenvalue weighted by Gasteiger charge is -2.26. The van der Waals surface area contributed by atoms with E-state index in [2.05, 4.69) is 0 Å². The fourth-order valence-corrected chi connectivity index (χ4v) is 4.23. The maximum atomic E-state index is 13.7. The second-order valence-electron chi connectivity index (χ2n) is 7.89. The van der Waals surface area contributed by atoms with E-state index in [1.165, 1.54) is 12.0 Å². The quantitative estimate of drug-likeness (QED) is 0.413. The van der Waals surface area contributed by atoms with Gasteiger partial charge in [0, 0.05) is 11.1 Å². The van der Waals surface area contributed by atoms with E-state index in [0.29, 0.717) is 33.9 Å². The third-order valence-electron chi connectivity index (χ3n) is 5.81. The molecule has 0 saturated heterocycles. The van der Waals surface area contributed by atoms with E-state index in [1.54, 1.807) is 55.5 Å². The molecule has 1 amide bonds. The minimum Gasteiger partial charge on any atom is -0.503 e. The van der Waals surface area contributed by atoms with E-state index in [-0.39, 0.29) is 11.3 Å². The molecule has 1 unspecified atom stereocenters. The summed E-state index contributed by atoms with van der Waals surface area (Å²) in [5.74, 6) is -0.459. The number of carbonyl (C=O) groups excluding carboxylic acids is 2. The van der Waals surface area contributed by atoms with Gasteiger partial charge in [0.1, 0.15) is 17.6 Å².